The summed E-state index contributed by atoms with van der Waals surface area (Å²) in [4.78, 5) is 18.6. The molecule has 21 heavy (non-hydrogen) atoms. The normalized spacial score (nSPS) is 13.1. The Hall–Kier alpha value is -2.43. The Morgan fingerprint density at radius 2 is 2.29 bits per heavy atom. The van der Waals surface area contributed by atoms with Crippen molar-refractivity contribution >= 4 is 17.4 Å². The van der Waals surface area contributed by atoms with Crippen LogP contribution in [0.15, 0.2) is 36.5 Å². The first-order valence-corrected chi connectivity index (χ1v) is 7.00. The van der Waals surface area contributed by atoms with Crippen LogP contribution in [0, 0.1) is 5.82 Å². The summed E-state index contributed by atoms with van der Waals surface area (Å²) in [5.41, 5.74) is 2.17. The smallest absolute Gasteiger partial charge is 0.262 e. The second-order valence-corrected chi connectivity index (χ2v) is 4.91. The molecule has 1 aliphatic heterocycles. The molecule has 3 rings (SSSR count). The Morgan fingerprint density at radius 3 is 3.10 bits per heavy atom. The van der Waals surface area contributed by atoms with Gasteiger partial charge in [-0.3, -0.25) is 4.79 Å². The predicted octanol–water partition coefficient (Wildman–Crippen LogP) is 2.86. The first-order valence-electron chi connectivity index (χ1n) is 7.00. The molecule has 0 radical (unpaired) electrons. The molecule has 0 aliphatic carbocycles. The molecule has 1 aromatic carbocycles. The van der Waals surface area contributed by atoms with E-state index in [2.05, 4.69) is 10.3 Å². The molecule has 2 aromatic rings. The number of carbonyl (C=O) groups excluding carboxylic acids is 1. The first kappa shape index (κ1) is 13.5. The van der Waals surface area contributed by atoms with Crippen LogP contribution in [0.4, 0.5) is 15.9 Å². The van der Waals surface area contributed by atoms with E-state index in [1.165, 1.54) is 12.1 Å². The number of nitrogens with zero attached hydrogens (tertiary/aromatic N) is 2. The second-order valence-electron chi connectivity index (χ2n) is 4.91. The van der Waals surface area contributed by atoms with Gasteiger partial charge < -0.3 is 10.2 Å². The van der Waals surface area contributed by atoms with Gasteiger partial charge in [-0.1, -0.05) is 6.07 Å². The fourth-order valence-corrected chi connectivity index (χ4v) is 2.59. The summed E-state index contributed by atoms with van der Waals surface area (Å²) in [6.07, 6.45) is 2.39. The standard InChI is InChI=1S/C16H16FN3O/c1-2-18-15-13(4-3-8-19-15)16(21)20-9-7-11-5-6-12(17)10-14(11)20/h3-6,8,10H,2,7,9H2,1H3,(H,18,19). The van der Waals surface area contributed by atoms with Gasteiger partial charge in [0.2, 0.25) is 0 Å². The molecule has 0 atom stereocenters. The van der Waals surface area contributed by atoms with Crippen molar-refractivity contribution in [3.8, 4) is 0 Å². The fraction of sp³-hybridized carbons (Fsp3) is 0.250. The van der Waals surface area contributed by atoms with Crippen molar-refractivity contribution in [2.24, 2.45) is 0 Å². The zero-order chi connectivity index (χ0) is 14.8. The van der Waals surface area contributed by atoms with Gasteiger partial charge in [-0.15, -0.1) is 0 Å². The summed E-state index contributed by atoms with van der Waals surface area (Å²) in [6, 6.07) is 8.07. The number of rotatable bonds is 3. The fourth-order valence-electron chi connectivity index (χ4n) is 2.59. The van der Waals surface area contributed by atoms with E-state index in [9.17, 15) is 9.18 Å². The highest BCUT2D eigenvalue weighted by Gasteiger charge is 2.27. The highest BCUT2D eigenvalue weighted by Crippen LogP contribution is 2.30. The van der Waals surface area contributed by atoms with Crippen molar-refractivity contribution in [3.05, 3.63) is 53.5 Å². The molecule has 0 saturated carbocycles. The van der Waals surface area contributed by atoms with Gasteiger partial charge in [-0.05, 0) is 43.2 Å². The van der Waals surface area contributed by atoms with Gasteiger partial charge in [-0.25, -0.2) is 9.37 Å². The van der Waals surface area contributed by atoms with Crippen LogP contribution in [0.1, 0.15) is 22.8 Å². The first-order chi connectivity index (χ1) is 10.2. The van der Waals surface area contributed by atoms with Crippen LogP contribution in [0.3, 0.4) is 0 Å². The highest BCUT2D eigenvalue weighted by molar-refractivity contribution is 6.10. The van der Waals surface area contributed by atoms with Gasteiger partial charge in [0, 0.05) is 19.3 Å². The van der Waals surface area contributed by atoms with Crippen LogP contribution in [-0.4, -0.2) is 24.0 Å². The molecular weight excluding hydrogens is 269 g/mol. The van der Waals surface area contributed by atoms with Crippen molar-refractivity contribution in [2.45, 2.75) is 13.3 Å². The maximum atomic E-state index is 13.4. The topological polar surface area (TPSA) is 45.2 Å². The third kappa shape index (κ3) is 2.46. The summed E-state index contributed by atoms with van der Waals surface area (Å²) < 4.78 is 13.4. The van der Waals surface area contributed by atoms with E-state index in [1.807, 2.05) is 6.92 Å². The Morgan fingerprint density at radius 1 is 1.43 bits per heavy atom. The Balaban J connectivity index is 1.96. The van der Waals surface area contributed by atoms with Gasteiger partial charge in [-0.2, -0.15) is 0 Å². The van der Waals surface area contributed by atoms with E-state index in [-0.39, 0.29) is 11.7 Å². The molecule has 0 spiro atoms. The molecule has 4 nitrogen and oxygen atoms in total. The van der Waals surface area contributed by atoms with Crippen LogP contribution in [0.2, 0.25) is 0 Å². The molecule has 2 heterocycles. The number of halogens is 1. The zero-order valence-corrected chi connectivity index (χ0v) is 11.8. The van der Waals surface area contributed by atoms with Gasteiger partial charge in [0.25, 0.3) is 5.91 Å². The molecule has 1 N–H and O–H groups in total. The zero-order valence-electron chi connectivity index (χ0n) is 11.8. The Kier molecular flexibility index (Phi) is 3.56. The minimum Gasteiger partial charge on any atom is -0.370 e. The van der Waals surface area contributed by atoms with Crippen LogP contribution >= 0.6 is 0 Å². The lowest BCUT2D eigenvalue weighted by molar-refractivity contribution is 0.0990. The SMILES string of the molecule is CCNc1ncccc1C(=O)N1CCc2ccc(F)cc21. The average Bonchev–Trinajstić information content (AvgIpc) is 2.90. The number of hydrogen-bond acceptors (Lipinski definition) is 3. The highest BCUT2D eigenvalue weighted by atomic mass is 19.1. The summed E-state index contributed by atoms with van der Waals surface area (Å²) >= 11 is 0. The van der Waals surface area contributed by atoms with Gasteiger partial charge in [0.15, 0.2) is 0 Å². The summed E-state index contributed by atoms with van der Waals surface area (Å²) in [5, 5.41) is 3.08. The average molecular weight is 285 g/mol. The third-order valence-corrected chi connectivity index (χ3v) is 3.57. The van der Waals surface area contributed by atoms with E-state index in [0.717, 1.165) is 12.0 Å². The number of nitrogens with one attached hydrogen (secondary N) is 1. The minimum atomic E-state index is -0.327. The number of pyridine rings is 1. The van der Waals surface area contributed by atoms with E-state index >= 15 is 0 Å². The lowest BCUT2D eigenvalue weighted by Gasteiger charge is -2.19. The summed E-state index contributed by atoms with van der Waals surface area (Å²) in [5.74, 6) is 0.0878. The van der Waals surface area contributed by atoms with Gasteiger partial charge in [0.05, 0.1) is 11.3 Å². The number of fused-ring (bicyclic) bond motifs is 1. The summed E-state index contributed by atoms with van der Waals surface area (Å²) in [6.45, 7) is 3.20. The van der Waals surface area contributed by atoms with E-state index in [0.29, 0.717) is 30.2 Å². The quantitative estimate of drug-likeness (QED) is 0.943. The number of anilines is 2. The number of benzene rings is 1. The van der Waals surface area contributed by atoms with Crippen LogP contribution in [0.5, 0.6) is 0 Å². The summed E-state index contributed by atoms with van der Waals surface area (Å²) in [7, 11) is 0. The maximum absolute atomic E-state index is 13.4. The van der Waals surface area contributed by atoms with Crippen molar-refractivity contribution in [3.63, 3.8) is 0 Å². The lowest BCUT2D eigenvalue weighted by Crippen LogP contribution is -2.30. The lowest BCUT2D eigenvalue weighted by atomic mass is 10.1. The minimum absolute atomic E-state index is 0.150. The van der Waals surface area contributed by atoms with E-state index < -0.39 is 0 Å². The van der Waals surface area contributed by atoms with Crippen LogP contribution in [0.25, 0.3) is 0 Å². The molecule has 5 heteroatoms. The molecule has 0 fully saturated rings. The van der Waals surface area contributed by atoms with Crippen LogP contribution < -0.4 is 10.2 Å². The molecule has 0 unspecified atom stereocenters. The van der Waals surface area contributed by atoms with Gasteiger partial charge in [0.1, 0.15) is 11.6 Å². The Labute approximate surface area is 122 Å². The third-order valence-electron chi connectivity index (χ3n) is 3.57. The van der Waals surface area contributed by atoms with E-state index in [4.69, 9.17) is 0 Å². The van der Waals surface area contributed by atoms with Crippen LogP contribution in [-0.2, 0) is 6.42 Å². The van der Waals surface area contributed by atoms with Gasteiger partial charge >= 0.3 is 0 Å². The largest absolute Gasteiger partial charge is 0.370 e. The maximum Gasteiger partial charge on any atom is 0.262 e. The number of hydrogen-bond donors (Lipinski definition) is 1. The number of aromatic nitrogens is 1. The molecular formula is C16H16FN3O. The Bertz CT molecular complexity index is 687. The molecule has 108 valence electrons. The molecule has 1 amide bonds. The van der Waals surface area contributed by atoms with E-state index in [1.54, 1.807) is 29.3 Å². The number of carbonyl (C=O) groups is 1. The van der Waals surface area contributed by atoms with Crippen molar-refractivity contribution < 1.29 is 9.18 Å². The molecule has 1 aliphatic rings. The molecule has 0 saturated heterocycles. The predicted molar refractivity (Wildman–Crippen MR) is 80.2 cm³/mol. The van der Waals surface area contributed by atoms with Crippen molar-refractivity contribution in [2.75, 3.05) is 23.3 Å². The molecule has 0 bridgehead atoms. The monoisotopic (exact) mass is 285 g/mol. The van der Waals surface area contributed by atoms with Crippen molar-refractivity contribution in [1.82, 2.24) is 4.98 Å². The molecule has 1 aromatic heterocycles. The second kappa shape index (κ2) is 5.52. The number of amides is 1. The van der Waals surface area contributed by atoms with Crippen molar-refractivity contribution in [1.29, 1.82) is 0 Å².